The van der Waals surface area contributed by atoms with E-state index < -0.39 is 5.60 Å². The summed E-state index contributed by atoms with van der Waals surface area (Å²) in [6.45, 7) is 5.22. The first-order valence-electron chi connectivity index (χ1n) is 3.32. The van der Waals surface area contributed by atoms with Crippen molar-refractivity contribution in [2.75, 3.05) is 0 Å². The number of aliphatic hydroxyl groups is 2. The van der Waals surface area contributed by atoms with Crippen molar-refractivity contribution in [3.05, 3.63) is 0 Å². The molecule has 0 saturated carbocycles. The monoisotopic (exact) mass is 132 g/mol. The molecule has 0 aromatic heterocycles. The molecule has 0 unspecified atom stereocenters. The van der Waals surface area contributed by atoms with E-state index in [9.17, 15) is 0 Å². The molecule has 0 bridgehead atoms. The van der Waals surface area contributed by atoms with Gasteiger partial charge in [-0.25, -0.2) is 0 Å². The van der Waals surface area contributed by atoms with Crippen molar-refractivity contribution in [3.63, 3.8) is 0 Å². The first-order chi connectivity index (χ1) is 3.92. The molecule has 2 nitrogen and oxygen atoms in total. The molecule has 0 fully saturated rings. The quantitative estimate of drug-likeness (QED) is 0.599. The van der Waals surface area contributed by atoms with Crippen LogP contribution < -0.4 is 0 Å². The van der Waals surface area contributed by atoms with Crippen LogP contribution in [0.2, 0.25) is 0 Å². The van der Waals surface area contributed by atoms with Crippen LogP contribution in [-0.2, 0) is 0 Å². The van der Waals surface area contributed by atoms with Crippen molar-refractivity contribution in [1.82, 2.24) is 0 Å². The second-order valence-electron chi connectivity index (χ2n) is 3.20. The van der Waals surface area contributed by atoms with Gasteiger partial charge in [-0.2, -0.15) is 0 Å². The molecule has 0 aromatic rings. The predicted molar refractivity (Wildman–Crippen MR) is 37.2 cm³/mol. The Morgan fingerprint density at radius 1 is 1.44 bits per heavy atom. The van der Waals surface area contributed by atoms with Gasteiger partial charge in [0.15, 0.2) is 0 Å². The molecule has 0 heterocycles. The highest BCUT2D eigenvalue weighted by Crippen LogP contribution is 2.11. The van der Waals surface area contributed by atoms with Gasteiger partial charge in [-0.1, -0.05) is 0 Å². The Morgan fingerprint density at radius 3 is 2.00 bits per heavy atom. The topological polar surface area (TPSA) is 40.5 Å². The van der Waals surface area contributed by atoms with Crippen LogP contribution >= 0.6 is 0 Å². The number of aliphatic hydroxyl groups excluding tert-OH is 1. The molecule has 0 aliphatic carbocycles. The highest BCUT2D eigenvalue weighted by molar-refractivity contribution is 4.65. The van der Waals surface area contributed by atoms with E-state index in [4.69, 9.17) is 10.2 Å². The average molecular weight is 132 g/mol. The fourth-order valence-electron chi connectivity index (χ4n) is 0.562. The van der Waals surface area contributed by atoms with Crippen molar-refractivity contribution >= 4 is 0 Å². The molecule has 0 aliphatic heterocycles. The number of hydrogen-bond donors (Lipinski definition) is 2. The zero-order valence-corrected chi connectivity index (χ0v) is 6.39. The largest absolute Gasteiger partial charge is 0.393 e. The maximum Gasteiger partial charge on any atom is 0.0592 e. The van der Waals surface area contributed by atoms with Crippen molar-refractivity contribution < 1.29 is 10.2 Å². The zero-order valence-electron chi connectivity index (χ0n) is 6.39. The molecule has 0 amide bonds. The summed E-state index contributed by atoms with van der Waals surface area (Å²) in [5.41, 5.74) is -0.628. The molecule has 0 saturated heterocycles. The molecule has 2 N–H and O–H groups in total. The van der Waals surface area contributed by atoms with Crippen molar-refractivity contribution in [3.8, 4) is 0 Å². The Labute approximate surface area is 56.5 Å². The summed E-state index contributed by atoms with van der Waals surface area (Å²) in [5, 5.41) is 18.0. The fraction of sp³-hybridized carbons (Fsp3) is 1.00. The van der Waals surface area contributed by atoms with E-state index in [-0.39, 0.29) is 6.10 Å². The van der Waals surface area contributed by atoms with Gasteiger partial charge in [-0.15, -0.1) is 0 Å². The Kier molecular flexibility index (Phi) is 3.15. The Balaban J connectivity index is 3.28. The fourth-order valence-corrected chi connectivity index (χ4v) is 0.562. The van der Waals surface area contributed by atoms with Gasteiger partial charge in [0.05, 0.1) is 11.7 Å². The van der Waals surface area contributed by atoms with E-state index in [0.29, 0.717) is 12.8 Å². The van der Waals surface area contributed by atoms with Gasteiger partial charge in [-0.3, -0.25) is 0 Å². The lowest BCUT2D eigenvalue weighted by molar-refractivity contribution is 0.0519. The SMILES string of the molecule is C[C@H](O)CCC(C)(C)O. The molecule has 9 heavy (non-hydrogen) atoms. The highest BCUT2D eigenvalue weighted by atomic mass is 16.3. The lowest BCUT2D eigenvalue weighted by atomic mass is 10.0. The predicted octanol–water partition coefficient (Wildman–Crippen LogP) is 0.918. The second-order valence-corrected chi connectivity index (χ2v) is 3.20. The van der Waals surface area contributed by atoms with Crippen LogP contribution in [-0.4, -0.2) is 21.9 Å². The summed E-state index contributed by atoms with van der Waals surface area (Å²) in [4.78, 5) is 0. The van der Waals surface area contributed by atoms with E-state index in [2.05, 4.69) is 0 Å². The van der Waals surface area contributed by atoms with Crippen LogP contribution in [0.4, 0.5) is 0 Å². The van der Waals surface area contributed by atoms with Gasteiger partial charge < -0.3 is 10.2 Å². The third kappa shape index (κ3) is 7.92. The lowest BCUT2D eigenvalue weighted by Gasteiger charge is -2.17. The Bertz CT molecular complexity index is 71.5. The normalized spacial score (nSPS) is 15.7. The summed E-state index contributed by atoms with van der Waals surface area (Å²) in [6.07, 6.45) is 1.03. The molecule has 56 valence electrons. The smallest absolute Gasteiger partial charge is 0.0592 e. The Hall–Kier alpha value is -0.0800. The number of rotatable bonds is 3. The Morgan fingerprint density at radius 2 is 1.89 bits per heavy atom. The standard InChI is InChI=1S/C7H16O2/c1-6(8)4-5-7(2,3)9/h6,8-9H,4-5H2,1-3H3/t6-/m0/s1. The third-order valence-corrected chi connectivity index (χ3v) is 1.17. The summed E-state index contributed by atoms with van der Waals surface area (Å²) in [5.74, 6) is 0. The van der Waals surface area contributed by atoms with Crippen LogP contribution in [0.5, 0.6) is 0 Å². The summed E-state index contributed by atoms with van der Waals surface area (Å²) in [7, 11) is 0. The minimum Gasteiger partial charge on any atom is -0.393 e. The molecule has 0 radical (unpaired) electrons. The third-order valence-electron chi connectivity index (χ3n) is 1.17. The molecule has 0 aromatic carbocycles. The number of hydrogen-bond acceptors (Lipinski definition) is 2. The van der Waals surface area contributed by atoms with Gasteiger partial charge in [0, 0.05) is 0 Å². The van der Waals surface area contributed by atoms with Crippen LogP contribution in [0.15, 0.2) is 0 Å². The summed E-state index contributed by atoms with van der Waals surface area (Å²) >= 11 is 0. The van der Waals surface area contributed by atoms with Gasteiger partial charge in [0.1, 0.15) is 0 Å². The van der Waals surface area contributed by atoms with Gasteiger partial charge in [-0.05, 0) is 33.6 Å². The van der Waals surface area contributed by atoms with Crippen LogP contribution in [0, 0.1) is 0 Å². The van der Waals surface area contributed by atoms with E-state index in [0.717, 1.165) is 0 Å². The van der Waals surface area contributed by atoms with E-state index >= 15 is 0 Å². The van der Waals surface area contributed by atoms with Crippen molar-refractivity contribution in [2.24, 2.45) is 0 Å². The summed E-state index contributed by atoms with van der Waals surface area (Å²) < 4.78 is 0. The second kappa shape index (κ2) is 3.18. The minimum atomic E-state index is -0.628. The first-order valence-corrected chi connectivity index (χ1v) is 3.32. The van der Waals surface area contributed by atoms with Gasteiger partial charge in [0.2, 0.25) is 0 Å². The maximum absolute atomic E-state index is 9.16. The highest BCUT2D eigenvalue weighted by Gasteiger charge is 2.12. The van der Waals surface area contributed by atoms with Gasteiger partial charge >= 0.3 is 0 Å². The summed E-state index contributed by atoms with van der Waals surface area (Å²) in [6, 6.07) is 0. The van der Waals surface area contributed by atoms with E-state index in [1.54, 1.807) is 20.8 Å². The minimum absolute atomic E-state index is 0.295. The molecule has 0 aliphatic rings. The maximum atomic E-state index is 9.16. The first kappa shape index (κ1) is 8.92. The molecule has 0 spiro atoms. The molecular formula is C7H16O2. The van der Waals surface area contributed by atoms with Crippen LogP contribution in [0.3, 0.4) is 0 Å². The molecular weight excluding hydrogens is 116 g/mol. The van der Waals surface area contributed by atoms with Crippen LogP contribution in [0.1, 0.15) is 33.6 Å². The zero-order chi connectivity index (χ0) is 7.49. The van der Waals surface area contributed by atoms with Gasteiger partial charge in [0.25, 0.3) is 0 Å². The van der Waals surface area contributed by atoms with Crippen LogP contribution in [0.25, 0.3) is 0 Å². The lowest BCUT2D eigenvalue weighted by Crippen LogP contribution is -2.20. The van der Waals surface area contributed by atoms with Crippen molar-refractivity contribution in [2.45, 2.75) is 45.3 Å². The molecule has 2 heteroatoms. The van der Waals surface area contributed by atoms with E-state index in [1.165, 1.54) is 0 Å². The average Bonchev–Trinajstić information content (AvgIpc) is 1.59. The van der Waals surface area contributed by atoms with E-state index in [1.807, 2.05) is 0 Å². The van der Waals surface area contributed by atoms with Crippen molar-refractivity contribution in [1.29, 1.82) is 0 Å². The molecule has 1 atom stereocenters. The molecule has 0 rings (SSSR count).